The fourth-order valence-corrected chi connectivity index (χ4v) is 3.43. The van der Waals surface area contributed by atoms with E-state index in [1.54, 1.807) is 0 Å². The molecule has 0 saturated carbocycles. The number of aliphatic hydroxyl groups excluding tert-OH is 1. The largest absolute Gasteiger partial charge is 0.388 e. The Morgan fingerprint density at radius 1 is 1.05 bits per heavy atom. The summed E-state index contributed by atoms with van der Waals surface area (Å²) in [4.78, 5) is 1.24. The molecule has 21 heavy (non-hydrogen) atoms. The standard InChI is InChI=1S/C19H22OS/c1-3-15(2)19(21-17-12-8-5-9-13-17)14-18(20)16-10-6-4-7-11-16/h3-13,18-20H,14H2,1-2H3/b15-3+/t18-,19?/m0/s1. The van der Waals surface area contributed by atoms with Crippen LogP contribution in [0.5, 0.6) is 0 Å². The molecule has 0 heterocycles. The number of benzene rings is 2. The fourth-order valence-electron chi connectivity index (χ4n) is 2.19. The second-order valence-electron chi connectivity index (χ2n) is 5.11. The van der Waals surface area contributed by atoms with E-state index in [1.165, 1.54) is 10.5 Å². The highest BCUT2D eigenvalue weighted by molar-refractivity contribution is 8.00. The molecule has 0 spiro atoms. The third-order valence-electron chi connectivity index (χ3n) is 3.61. The maximum Gasteiger partial charge on any atom is 0.0803 e. The zero-order chi connectivity index (χ0) is 15.1. The van der Waals surface area contributed by atoms with Gasteiger partial charge in [-0.15, -0.1) is 11.8 Å². The molecule has 0 fully saturated rings. The SMILES string of the molecule is C/C=C(\C)C(C[C@H](O)c1ccccc1)Sc1ccccc1. The molecule has 0 saturated heterocycles. The van der Waals surface area contributed by atoms with Gasteiger partial charge in [0.15, 0.2) is 0 Å². The van der Waals surface area contributed by atoms with E-state index in [9.17, 15) is 5.11 Å². The van der Waals surface area contributed by atoms with Crippen LogP contribution in [0.25, 0.3) is 0 Å². The van der Waals surface area contributed by atoms with Gasteiger partial charge in [-0.25, -0.2) is 0 Å². The van der Waals surface area contributed by atoms with E-state index in [1.807, 2.05) is 48.2 Å². The third kappa shape index (κ3) is 4.76. The van der Waals surface area contributed by atoms with Crippen molar-refractivity contribution in [2.45, 2.75) is 36.5 Å². The van der Waals surface area contributed by atoms with Gasteiger partial charge in [-0.3, -0.25) is 0 Å². The number of aliphatic hydroxyl groups is 1. The molecular formula is C19H22OS. The highest BCUT2D eigenvalue weighted by Gasteiger charge is 2.18. The molecule has 0 aliphatic heterocycles. The molecule has 2 aromatic carbocycles. The van der Waals surface area contributed by atoms with Crippen molar-refractivity contribution >= 4 is 11.8 Å². The molecular weight excluding hydrogens is 276 g/mol. The Kier molecular flexibility index (Phi) is 6.09. The first-order valence-corrected chi connectivity index (χ1v) is 8.16. The van der Waals surface area contributed by atoms with E-state index in [0.29, 0.717) is 0 Å². The molecule has 110 valence electrons. The van der Waals surface area contributed by atoms with Gasteiger partial charge in [0.2, 0.25) is 0 Å². The fraction of sp³-hybridized carbons (Fsp3) is 0.263. The molecule has 1 N–H and O–H groups in total. The van der Waals surface area contributed by atoms with Crippen molar-refractivity contribution in [3.63, 3.8) is 0 Å². The summed E-state index contributed by atoms with van der Waals surface area (Å²) >= 11 is 1.82. The van der Waals surface area contributed by atoms with E-state index in [2.05, 4.69) is 44.2 Å². The quantitative estimate of drug-likeness (QED) is 0.581. The van der Waals surface area contributed by atoms with Crippen LogP contribution in [-0.4, -0.2) is 10.4 Å². The predicted octanol–water partition coefficient (Wildman–Crippen LogP) is 5.24. The van der Waals surface area contributed by atoms with Gasteiger partial charge in [0.25, 0.3) is 0 Å². The first-order valence-electron chi connectivity index (χ1n) is 7.28. The summed E-state index contributed by atoms with van der Waals surface area (Å²) in [6.45, 7) is 4.20. The average molecular weight is 298 g/mol. The minimum Gasteiger partial charge on any atom is -0.388 e. The van der Waals surface area contributed by atoms with Gasteiger partial charge < -0.3 is 5.11 Å². The van der Waals surface area contributed by atoms with Crippen LogP contribution < -0.4 is 0 Å². The molecule has 2 aromatic rings. The van der Waals surface area contributed by atoms with Crippen molar-refractivity contribution < 1.29 is 5.11 Å². The lowest BCUT2D eigenvalue weighted by Crippen LogP contribution is -2.11. The van der Waals surface area contributed by atoms with Gasteiger partial charge in [-0.1, -0.05) is 60.2 Å². The van der Waals surface area contributed by atoms with Crippen LogP contribution in [0.4, 0.5) is 0 Å². The second-order valence-corrected chi connectivity index (χ2v) is 6.39. The normalized spacial score (nSPS) is 14.7. The summed E-state index contributed by atoms with van der Waals surface area (Å²) in [5.74, 6) is 0. The van der Waals surface area contributed by atoms with Gasteiger partial charge in [0, 0.05) is 10.1 Å². The van der Waals surface area contributed by atoms with Crippen LogP contribution in [0.2, 0.25) is 0 Å². The summed E-state index contributed by atoms with van der Waals surface area (Å²) in [6.07, 6.45) is 2.43. The topological polar surface area (TPSA) is 20.2 Å². The lowest BCUT2D eigenvalue weighted by Gasteiger charge is -2.21. The Balaban J connectivity index is 2.10. The monoisotopic (exact) mass is 298 g/mol. The van der Waals surface area contributed by atoms with Crippen LogP contribution in [0.15, 0.2) is 77.2 Å². The third-order valence-corrected chi connectivity index (χ3v) is 5.00. The highest BCUT2D eigenvalue weighted by atomic mass is 32.2. The van der Waals surface area contributed by atoms with Crippen LogP contribution in [0, 0.1) is 0 Å². The van der Waals surface area contributed by atoms with Gasteiger partial charge in [-0.2, -0.15) is 0 Å². The van der Waals surface area contributed by atoms with Crippen LogP contribution in [0.3, 0.4) is 0 Å². The van der Waals surface area contributed by atoms with Crippen molar-refractivity contribution in [1.82, 2.24) is 0 Å². The smallest absolute Gasteiger partial charge is 0.0803 e. The number of hydrogen-bond acceptors (Lipinski definition) is 2. The van der Waals surface area contributed by atoms with Crippen LogP contribution in [-0.2, 0) is 0 Å². The molecule has 2 rings (SSSR count). The lowest BCUT2D eigenvalue weighted by molar-refractivity contribution is 0.169. The van der Waals surface area contributed by atoms with E-state index in [0.717, 1.165) is 12.0 Å². The maximum atomic E-state index is 10.5. The van der Waals surface area contributed by atoms with E-state index in [4.69, 9.17) is 0 Å². The lowest BCUT2D eigenvalue weighted by atomic mass is 10.0. The summed E-state index contributed by atoms with van der Waals surface area (Å²) < 4.78 is 0. The van der Waals surface area contributed by atoms with Crippen molar-refractivity contribution in [1.29, 1.82) is 0 Å². The summed E-state index contributed by atoms with van der Waals surface area (Å²) in [6, 6.07) is 20.3. The Labute approximate surface area is 131 Å². The number of thioether (sulfide) groups is 1. The number of allylic oxidation sites excluding steroid dienone is 1. The van der Waals surface area contributed by atoms with Crippen molar-refractivity contribution in [2.75, 3.05) is 0 Å². The first kappa shape index (κ1) is 15.9. The Morgan fingerprint density at radius 3 is 2.19 bits per heavy atom. The molecule has 0 bridgehead atoms. The molecule has 0 aromatic heterocycles. The van der Waals surface area contributed by atoms with Gasteiger partial charge in [0.1, 0.15) is 0 Å². The molecule has 2 heteroatoms. The van der Waals surface area contributed by atoms with E-state index < -0.39 is 6.10 Å². The molecule has 1 unspecified atom stereocenters. The van der Waals surface area contributed by atoms with Crippen molar-refractivity contribution in [3.8, 4) is 0 Å². The zero-order valence-corrected chi connectivity index (χ0v) is 13.4. The molecule has 0 aliphatic rings. The van der Waals surface area contributed by atoms with Crippen molar-refractivity contribution in [3.05, 3.63) is 77.9 Å². The van der Waals surface area contributed by atoms with E-state index in [-0.39, 0.29) is 5.25 Å². The molecule has 1 nitrogen and oxygen atoms in total. The summed E-state index contributed by atoms with van der Waals surface area (Å²) in [5, 5.41) is 10.8. The van der Waals surface area contributed by atoms with Crippen LogP contribution >= 0.6 is 11.8 Å². The minimum absolute atomic E-state index is 0.285. The number of rotatable bonds is 6. The van der Waals surface area contributed by atoms with E-state index >= 15 is 0 Å². The Bertz CT molecular complexity index is 563. The molecule has 0 amide bonds. The summed E-state index contributed by atoms with van der Waals surface area (Å²) in [7, 11) is 0. The van der Waals surface area contributed by atoms with Gasteiger partial charge >= 0.3 is 0 Å². The van der Waals surface area contributed by atoms with Gasteiger partial charge in [-0.05, 0) is 38.0 Å². The maximum absolute atomic E-state index is 10.5. The Hall–Kier alpha value is -1.51. The zero-order valence-electron chi connectivity index (χ0n) is 12.6. The molecule has 2 atom stereocenters. The predicted molar refractivity (Wildman–Crippen MR) is 91.5 cm³/mol. The highest BCUT2D eigenvalue weighted by Crippen LogP contribution is 2.34. The van der Waals surface area contributed by atoms with Crippen molar-refractivity contribution in [2.24, 2.45) is 0 Å². The molecule has 0 radical (unpaired) electrons. The Morgan fingerprint density at radius 2 is 1.62 bits per heavy atom. The van der Waals surface area contributed by atoms with Gasteiger partial charge in [0.05, 0.1) is 6.10 Å². The molecule has 0 aliphatic carbocycles. The first-order chi connectivity index (χ1) is 10.2. The van der Waals surface area contributed by atoms with Crippen LogP contribution in [0.1, 0.15) is 31.9 Å². The average Bonchev–Trinajstić information content (AvgIpc) is 2.55. The second kappa shape index (κ2) is 8.06. The number of hydrogen-bond donors (Lipinski definition) is 1. The summed E-state index contributed by atoms with van der Waals surface area (Å²) in [5.41, 5.74) is 2.29. The minimum atomic E-state index is -0.428.